The van der Waals surface area contributed by atoms with Gasteiger partial charge >= 0.3 is 5.22 Å². The first-order chi connectivity index (χ1) is 10.9. The molecular weight excluding hydrogens is 342 g/mol. The Bertz CT molecular complexity index is 849. The van der Waals surface area contributed by atoms with Crippen LogP contribution in [0.25, 0.3) is 0 Å². The molecule has 0 aliphatic carbocycles. The van der Waals surface area contributed by atoms with Gasteiger partial charge in [0, 0.05) is 23.4 Å². The summed E-state index contributed by atoms with van der Waals surface area (Å²) in [5, 5.41) is 7.38. The smallest absolute Gasteiger partial charge is 0.335 e. The van der Waals surface area contributed by atoms with E-state index >= 15 is 0 Å². The lowest BCUT2D eigenvalue weighted by molar-refractivity contribution is 0.0712. The fourth-order valence-electron chi connectivity index (χ4n) is 2.56. The number of likely N-dealkylation sites (tertiary alicyclic amines) is 1. The average Bonchev–Trinajstić information content (AvgIpc) is 3.14. The van der Waals surface area contributed by atoms with Gasteiger partial charge in [-0.25, -0.2) is 8.42 Å². The van der Waals surface area contributed by atoms with Gasteiger partial charge in [-0.2, -0.15) is 0 Å². The largest absolute Gasteiger partial charge is 0.410 e. The molecule has 2 aromatic rings. The molecule has 0 unspecified atom stereocenters. The second-order valence-corrected chi connectivity index (χ2v) is 7.68. The number of sulfone groups is 1. The summed E-state index contributed by atoms with van der Waals surface area (Å²) in [6, 6.07) is 6.24. The number of benzene rings is 1. The van der Waals surface area contributed by atoms with E-state index in [1.807, 2.05) is 0 Å². The van der Waals surface area contributed by atoms with Crippen molar-refractivity contribution in [3.05, 3.63) is 40.7 Å². The monoisotopic (exact) mass is 355 g/mol. The molecule has 0 bridgehead atoms. The number of carbonyl (C=O) groups is 1. The van der Waals surface area contributed by atoms with E-state index in [1.165, 1.54) is 0 Å². The lowest BCUT2D eigenvalue weighted by Gasteiger charge is -2.22. The molecule has 0 N–H and O–H groups in total. The van der Waals surface area contributed by atoms with Gasteiger partial charge in [-0.05, 0) is 31.0 Å². The summed E-state index contributed by atoms with van der Waals surface area (Å²) in [4.78, 5) is 14.2. The number of carbonyl (C=O) groups excluding carboxylic acids is 1. The minimum absolute atomic E-state index is 0.137. The molecule has 9 heteroatoms. The van der Waals surface area contributed by atoms with Crippen molar-refractivity contribution in [1.82, 2.24) is 15.1 Å². The quantitative estimate of drug-likeness (QED) is 0.837. The molecule has 2 heterocycles. The molecule has 1 aliphatic rings. The molecule has 7 nitrogen and oxygen atoms in total. The maximum atomic E-state index is 12.6. The minimum atomic E-state index is -3.57. The van der Waals surface area contributed by atoms with Crippen LogP contribution < -0.4 is 0 Å². The van der Waals surface area contributed by atoms with Crippen molar-refractivity contribution in [2.45, 2.75) is 24.1 Å². The van der Waals surface area contributed by atoms with E-state index in [1.54, 1.807) is 29.2 Å². The standard InChI is InChI=1S/C14H14ClN3O4S/c1-23(20,21)14-17-16-12(22-14)11-6-3-7-18(11)13(19)9-4-2-5-10(15)8-9/h2,4-5,8,11H,3,6-7H2,1H3/t11-/m0/s1. The van der Waals surface area contributed by atoms with Crippen molar-refractivity contribution < 1.29 is 17.6 Å². The van der Waals surface area contributed by atoms with E-state index < -0.39 is 21.1 Å². The van der Waals surface area contributed by atoms with Gasteiger partial charge < -0.3 is 9.32 Å². The number of hydrogen-bond acceptors (Lipinski definition) is 6. The Hall–Kier alpha value is -1.93. The molecule has 0 saturated carbocycles. The zero-order chi connectivity index (χ0) is 16.6. The van der Waals surface area contributed by atoms with E-state index in [-0.39, 0.29) is 11.8 Å². The zero-order valence-electron chi connectivity index (χ0n) is 12.3. The molecule has 1 aliphatic heterocycles. The predicted molar refractivity (Wildman–Crippen MR) is 81.9 cm³/mol. The van der Waals surface area contributed by atoms with Crippen LogP contribution in [0.15, 0.2) is 33.9 Å². The highest BCUT2D eigenvalue weighted by Gasteiger charge is 2.35. The minimum Gasteiger partial charge on any atom is -0.410 e. The van der Waals surface area contributed by atoms with Crippen molar-refractivity contribution in [3.8, 4) is 0 Å². The third-order valence-electron chi connectivity index (χ3n) is 3.61. The number of hydrogen-bond donors (Lipinski definition) is 0. The van der Waals surface area contributed by atoms with Gasteiger partial charge in [-0.1, -0.05) is 22.8 Å². The summed E-state index contributed by atoms with van der Waals surface area (Å²) >= 11 is 5.92. The molecule has 0 radical (unpaired) electrons. The summed E-state index contributed by atoms with van der Waals surface area (Å²) in [5.74, 6) is -0.0626. The van der Waals surface area contributed by atoms with Gasteiger partial charge in [0.1, 0.15) is 6.04 Å². The Morgan fingerprint density at radius 2 is 2.17 bits per heavy atom. The Morgan fingerprint density at radius 3 is 2.83 bits per heavy atom. The van der Waals surface area contributed by atoms with Crippen LogP contribution in [0.4, 0.5) is 0 Å². The summed E-state index contributed by atoms with van der Waals surface area (Å²) in [6.07, 6.45) is 2.40. The van der Waals surface area contributed by atoms with Gasteiger partial charge in [0.25, 0.3) is 5.91 Å². The first-order valence-electron chi connectivity index (χ1n) is 6.96. The highest BCUT2D eigenvalue weighted by Crippen LogP contribution is 2.33. The van der Waals surface area contributed by atoms with Crippen LogP contribution in [0.2, 0.25) is 5.02 Å². The second-order valence-electron chi connectivity index (χ2n) is 5.35. The fraction of sp³-hybridized carbons (Fsp3) is 0.357. The van der Waals surface area contributed by atoms with E-state index in [2.05, 4.69) is 10.2 Å². The molecule has 3 rings (SSSR count). The summed E-state index contributed by atoms with van der Waals surface area (Å²) in [7, 11) is -3.57. The first kappa shape index (κ1) is 15.9. The topological polar surface area (TPSA) is 93.4 Å². The van der Waals surface area contributed by atoms with Crippen molar-refractivity contribution in [1.29, 1.82) is 0 Å². The Morgan fingerprint density at radius 1 is 1.39 bits per heavy atom. The number of nitrogens with zero attached hydrogens (tertiary/aromatic N) is 3. The molecule has 1 atom stereocenters. The Balaban J connectivity index is 1.88. The SMILES string of the molecule is CS(=O)(=O)c1nnc([C@@H]2CCCN2C(=O)c2cccc(Cl)c2)o1. The number of halogens is 1. The lowest BCUT2D eigenvalue weighted by Crippen LogP contribution is -2.30. The van der Waals surface area contributed by atoms with Gasteiger partial charge in [-0.3, -0.25) is 4.79 Å². The second kappa shape index (κ2) is 5.93. The van der Waals surface area contributed by atoms with Crippen LogP contribution in [0.1, 0.15) is 35.1 Å². The summed E-state index contributed by atoms with van der Waals surface area (Å²) in [6.45, 7) is 0.534. The van der Waals surface area contributed by atoms with Crippen LogP contribution in [-0.2, 0) is 9.84 Å². The first-order valence-corrected chi connectivity index (χ1v) is 9.23. The van der Waals surface area contributed by atoms with Gasteiger partial charge in [-0.15, -0.1) is 5.10 Å². The van der Waals surface area contributed by atoms with E-state index in [4.69, 9.17) is 16.0 Å². The molecule has 1 aromatic carbocycles. The van der Waals surface area contributed by atoms with Crippen LogP contribution in [0, 0.1) is 0 Å². The number of amides is 1. The molecule has 122 valence electrons. The van der Waals surface area contributed by atoms with E-state index in [0.717, 1.165) is 12.7 Å². The van der Waals surface area contributed by atoms with Gasteiger partial charge in [0.05, 0.1) is 0 Å². The zero-order valence-corrected chi connectivity index (χ0v) is 13.8. The highest BCUT2D eigenvalue weighted by atomic mass is 35.5. The summed E-state index contributed by atoms with van der Waals surface area (Å²) < 4.78 is 28.1. The normalized spacial score (nSPS) is 18.3. The molecule has 1 aromatic heterocycles. The summed E-state index contributed by atoms with van der Waals surface area (Å²) in [5.41, 5.74) is 0.465. The van der Waals surface area contributed by atoms with Crippen molar-refractivity contribution in [3.63, 3.8) is 0 Å². The Labute approximate surface area is 138 Å². The molecule has 0 spiro atoms. The molecule has 1 saturated heterocycles. The number of rotatable bonds is 3. The molecule has 23 heavy (non-hydrogen) atoms. The van der Waals surface area contributed by atoms with Crippen LogP contribution >= 0.6 is 11.6 Å². The fourth-order valence-corrected chi connectivity index (χ4v) is 3.17. The van der Waals surface area contributed by atoms with Gasteiger partial charge in [0.15, 0.2) is 0 Å². The number of aromatic nitrogens is 2. The van der Waals surface area contributed by atoms with Crippen molar-refractivity contribution >= 4 is 27.3 Å². The third kappa shape index (κ3) is 3.23. The molecular formula is C14H14ClN3O4S. The van der Waals surface area contributed by atoms with Crippen molar-refractivity contribution in [2.24, 2.45) is 0 Å². The Kier molecular flexibility index (Phi) is 4.11. The molecule has 1 fully saturated rings. The van der Waals surface area contributed by atoms with Crippen LogP contribution in [-0.4, -0.2) is 42.2 Å². The van der Waals surface area contributed by atoms with Crippen molar-refractivity contribution in [2.75, 3.05) is 12.8 Å². The van der Waals surface area contributed by atoms with Gasteiger partial charge in [0.2, 0.25) is 15.7 Å². The lowest BCUT2D eigenvalue weighted by atomic mass is 10.1. The third-order valence-corrected chi connectivity index (χ3v) is 4.64. The highest BCUT2D eigenvalue weighted by molar-refractivity contribution is 7.90. The maximum Gasteiger partial charge on any atom is 0.335 e. The maximum absolute atomic E-state index is 12.6. The van der Waals surface area contributed by atoms with E-state index in [9.17, 15) is 13.2 Å². The average molecular weight is 356 g/mol. The van der Waals surface area contributed by atoms with E-state index in [0.29, 0.717) is 23.6 Å². The molecule has 1 amide bonds. The van der Waals surface area contributed by atoms with Crippen LogP contribution in [0.3, 0.4) is 0 Å². The van der Waals surface area contributed by atoms with Crippen LogP contribution in [0.5, 0.6) is 0 Å². The predicted octanol–water partition coefficient (Wildman–Crippen LogP) is 2.10.